The molecule has 0 fully saturated rings. The number of alkyl carbamates (subject to hydrolysis) is 1. The third-order valence-corrected chi connectivity index (χ3v) is 2.99. The molecule has 0 saturated heterocycles. The molecule has 0 radical (unpaired) electrons. The summed E-state index contributed by atoms with van der Waals surface area (Å²) < 4.78 is 6.25. The van der Waals surface area contributed by atoms with Crippen LogP contribution in [-0.2, 0) is 11.3 Å². The van der Waals surface area contributed by atoms with Gasteiger partial charge in [-0.1, -0.05) is 28.1 Å². The molecule has 0 spiro atoms. The molecule has 1 rings (SSSR count). The summed E-state index contributed by atoms with van der Waals surface area (Å²) in [6, 6.07) is 8.30. The van der Waals surface area contributed by atoms with E-state index in [1.807, 2.05) is 39.8 Å². The minimum absolute atomic E-state index is 0.168. The van der Waals surface area contributed by atoms with E-state index in [-0.39, 0.29) is 12.1 Å². The number of hydrogen-bond donors (Lipinski definition) is 2. The molecule has 1 amide bonds. The molecule has 0 aliphatic carbocycles. The fourth-order valence-electron chi connectivity index (χ4n) is 1.56. The molecule has 2 N–H and O–H groups in total. The second-order valence-corrected chi connectivity index (χ2v) is 6.71. The monoisotopic (exact) mass is 342 g/mol. The average molecular weight is 343 g/mol. The first-order valence-corrected chi connectivity index (χ1v) is 7.50. The Bertz CT molecular complexity index is 444. The van der Waals surface area contributed by atoms with Crippen LogP contribution in [0.1, 0.15) is 33.3 Å². The molecular weight excluding hydrogens is 320 g/mol. The van der Waals surface area contributed by atoms with Gasteiger partial charge in [0.15, 0.2) is 0 Å². The van der Waals surface area contributed by atoms with Crippen LogP contribution in [0.4, 0.5) is 4.79 Å². The lowest BCUT2D eigenvalue weighted by Crippen LogP contribution is -2.40. The first kappa shape index (κ1) is 17.0. The van der Waals surface area contributed by atoms with Crippen molar-refractivity contribution in [2.75, 3.05) is 6.54 Å². The maximum absolute atomic E-state index is 11.5. The molecule has 0 heterocycles. The van der Waals surface area contributed by atoms with E-state index in [1.54, 1.807) is 0 Å². The van der Waals surface area contributed by atoms with Crippen molar-refractivity contribution < 1.29 is 9.53 Å². The zero-order valence-corrected chi connectivity index (χ0v) is 14.1. The van der Waals surface area contributed by atoms with Crippen molar-refractivity contribution >= 4 is 22.0 Å². The minimum Gasteiger partial charge on any atom is -0.444 e. The zero-order valence-electron chi connectivity index (χ0n) is 12.5. The zero-order chi connectivity index (χ0) is 15.2. The molecule has 4 nitrogen and oxygen atoms in total. The second kappa shape index (κ2) is 7.64. The van der Waals surface area contributed by atoms with Crippen molar-refractivity contribution in [3.05, 3.63) is 34.3 Å². The van der Waals surface area contributed by atoms with Crippen molar-refractivity contribution in [1.29, 1.82) is 0 Å². The number of hydrogen-bond acceptors (Lipinski definition) is 3. The highest BCUT2D eigenvalue weighted by Crippen LogP contribution is 2.11. The van der Waals surface area contributed by atoms with E-state index in [9.17, 15) is 4.79 Å². The van der Waals surface area contributed by atoms with Crippen LogP contribution in [-0.4, -0.2) is 24.3 Å². The molecule has 1 aromatic rings. The molecule has 1 atom stereocenters. The van der Waals surface area contributed by atoms with Gasteiger partial charge in [-0.05, 0) is 45.4 Å². The number of amides is 1. The van der Waals surface area contributed by atoms with Gasteiger partial charge in [-0.15, -0.1) is 0 Å². The Labute approximate surface area is 129 Å². The Morgan fingerprint density at radius 2 is 2.10 bits per heavy atom. The van der Waals surface area contributed by atoms with Gasteiger partial charge in [-0.3, -0.25) is 0 Å². The molecular formula is C15H23BrN2O2. The van der Waals surface area contributed by atoms with Gasteiger partial charge in [0, 0.05) is 23.6 Å². The predicted molar refractivity (Wildman–Crippen MR) is 84.7 cm³/mol. The minimum atomic E-state index is -0.461. The fraction of sp³-hybridized carbons (Fsp3) is 0.533. The fourth-order valence-corrected chi connectivity index (χ4v) is 2.01. The summed E-state index contributed by atoms with van der Waals surface area (Å²) in [5, 5.41) is 6.11. The van der Waals surface area contributed by atoms with Crippen LogP contribution in [0, 0.1) is 0 Å². The molecule has 20 heavy (non-hydrogen) atoms. The van der Waals surface area contributed by atoms with Gasteiger partial charge in [0.05, 0.1) is 0 Å². The average Bonchev–Trinajstić information content (AvgIpc) is 2.32. The molecule has 0 aliphatic heterocycles. The number of benzene rings is 1. The van der Waals surface area contributed by atoms with Crippen LogP contribution in [0.25, 0.3) is 0 Å². The largest absolute Gasteiger partial charge is 0.444 e. The summed E-state index contributed by atoms with van der Waals surface area (Å²) in [5.74, 6) is 0. The number of carbonyl (C=O) groups is 1. The lowest BCUT2D eigenvalue weighted by Gasteiger charge is -2.21. The SMILES string of the molecule is CC(CNC(=O)OC(C)(C)C)NCc1cccc(Br)c1. The molecule has 0 aromatic heterocycles. The molecule has 1 unspecified atom stereocenters. The normalized spacial score (nSPS) is 12.8. The van der Waals surface area contributed by atoms with Crippen LogP contribution in [0.5, 0.6) is 0 Å². The van der Waals surface area contributed by atoms with E-state index in [0.29, 0.717) is 6.54 Å². The standard InChI is InChI=1S/C15H23BrN2O2/c1-11(9-18-14(19)20-15(2,3)4)17-10-12-6-5-7-13(16)8-12/h5-8,11,17H,9-10H2,1-4H3,(H,18,19). The summed E-state index contributed by atoms with van der Waals surface area (Å²) in [6.45, 7) is 8.86. The smallest absolute Gasteiger partial charge is 0.407 e. The van der Waals surface area contributed by atoms with E-state index in [2.05, 4.69) is 38.7 Å². The molecule has 0 bridgehead atoms. The van der Waals surface area contributed by atoms with Crippen LogP contribution < -0.4 is 10.6 Å². The summed E-state index contributed by atoms with van der Waals surface area (Å²) in [4.78, 5) is 11.5. The lowest BCUT2D eigenvalue weighted by molar-refractivity contribution is 0.0523. The number of halogens is 1. The molecule has 5 heteroatoms. The second-order valence-electron chi connectivity index (χ2n) is 5.79. The third-order valence-electron chi connectivity index (χ3n) is 2.50. The van der Waals surface area contributed by atoms with E-state index >= 15 is 0 Å². The van der Waals surface area contributed by atoms with Gasteiger partial charge < -0.3 is 15.4 Å². The van der Waals surface area contributed by atoms with E-state index < -0.39 is 5.60 Å². The van der Waals surface area contributed by atoms with Crippen molar-refractivity contribution in [1.82, 2.24) is 10.6 Å². The molecule has 112 valence electrons. The Kier molecular flexibility index (Phi) is 6.49. The summed E-state index contributed by atoms with van der Waals surface area (Å²) in [6.07, 6.45) is -0.381. The quantitative estimate of drug-likeness (QED) is 0.861. The van der Waals surface area contributed by atoms with Gasteiger partial charge in [0.25, 0.3) is 0 Å². The van der Waals surface area contributed by atoms with Crippen LogP contribution >= 0.6 is 15.9 Å². The van der Waals surface area contributed by atoms with E-state index in [0.717, 1.165) is 11.0 Å². The summed E-state index contributed by atoms with van der Waals surface area (Å²) in [5.41, 5.74) is 0.736. The molecule has 0 saturated carbocycles. The van der Waals surface area contributed by atoms with Gasteiger partial charge >= 0.3 is 6.09 Å². The predicted octanol–water partition coefficient (Wildman–Crippen LogP) is 3.45. The number of nitrogens with one attached hydrogen (secondary N) is 2. The summed E-state index contributed by atoms with van der Waals surface area (Å²) >= 11 is 3.45. The van der Waals surface area contributed by atoms with Gasteiger partial charge in [0.1, 0.15) is 5.60 Å². The number of ether oxygens (including phenoxy) is 1. The van der Waals surface area contributed by atoms with Gasteiger partial charge in [-0.2, -0.15) is 0 Å². The Balaban J connectivity index is 2.27. The van der Waals surface area contributed by atoms with Crippen LogP contribution in [0.3, 0.4) is 0 Å². The van der Waals surface area contributed by atoms with Crippen molar-refractivity contribution in [3.8, 4) is 0 Å². The number of rotatable bonds is 5. The Morgan fingerprint density at radius 1 is 1.40 bits per heavy atom. The highest BCUT2D eigenvalue weighted by Gasteiger charge is 2.16. The van der Waals surface area contributed by atoms with Crippen LogP contribution in [0.2, 0.25) is 0 Å². The van der Waals surface area contributed by atoms with Gasteiger partial charge in [0.2, 0.25) is 0 Å². The maximum Gasteiger partial charge on any atom is 0.407 e. The first-order valence-electron chi connectivity index (χ1n) is 6.71. The van der Waals surface area contributed by atoms with Crippen molar-refractivity contribution in [2.45, 2.75) is 45.9 Å². The highest BCUT2D eigenvalue weighted by molar-refractivity contribution is 9.10. The maximum atomic E-state index is 11.5. The molecule has 1 aromatic carbocycles. The Hall–Kier alpha value is -1.07. The highest BCUT2D eigenvalue weighted by atomic mass is 79.9. The van der Waals surface area contributed by atoms with Crippen molar-refractivity contribution in [2.24, 2.45) is 0 Å². The van der Waals surface area contributed by atoms with Crippen LogP contribution in [0.15, 0.2) is 28.7 Å². The topological polar surface area (TPSA) is 50.4 Å². The Morgan fingerprint density at radius 3 is 2.70 bits per heavy atom. The first-order chi connectivity index (χ1) is 9.26. The lowest BCUT2D eigenvalue weighted by atomic mass is 10.2. The van der Waals surface area contributed by atoms with E-state index in [1.165, 1.54) is 5.56 Å². The van der Waals surface area contributed by atoms with Gasteiger partial charge in [-0.25, -0.2) is 4.79 Å². The summed E-state index contributed by atoms with van der Waals surface area (Å²) in [7, 11) is 0. The number of carbonyl (C=O) groups excluding carboxylic acids is 1. The third kappa shape index (κ3) is 7.50. The van der Waals surface area contributed by atoms with E-state index in [4.69, 9.17) is 4.74 Å². The molecule has 0 aliphatic rings. The van der Waals surface area contributed by atoms with Crippen molar-refractivity contribution in [3.63, 3.8) is 0 Å².